The Hall–Kier alpha value is -3.81. The molecule has 1 amide bonds. The fraction of sp³-hybridized carbons (Fsp3) is 0.357. The van der Waals surface area contributed by atoms with Crippen LogP contribution in [0.4, 0.5) is 10.2 Å². The molecule has 0 aliphatic carbocycles. The maximum Gasteiger partial charge on any atom is 0.254 e. The van der Waals surface area contributed by atoms with Gasteiger partial charge in [0.25, 0.3) is 5.91 Å². The van der Waals surface area contributed by atoms with Crippen molar-refractivity contribution in [3.05, 3.63) is 78.0 Å². The van der Waals surface area contributed by atoms with Gasteiger partial charge in [-0.05, 0) is 43.2 Å². The van der Waals surface area contributed by atoms with Crippen molar-refractivity contribution in [2.75, 3.05) is 31.1 Å². The second kappa shape index (κ2) is 10.4. The molecule has 5 rings (SSSR count). The summed E-state index contributed by atoms with van der Waals surface area (Å²) >= 11 is 0. The maximum atomic E-state index is 13.7. The molecular formula is C28H31FN6O. The summed E-state index contributed by atoms with van der Waals surface area (Å²) in [6, 6.07) is 15.9. The highest BCUT2D eigenvalue weighted by Crippen LogP contribution is 2.30. The van der Waals surface area contributed by atoms with Crippen LogP contribution in [-0.4, -0.2) is 56.7 Å². The summed E-state index contributed by atoms with van der Waals surface area (Å²) in [4.78, 5) is 27.1. The Labute approximate surface area is 210 Å². The third kappa shape index (κ3) is 4.80. The van der Waals surface area contributed by atoms with Crippen molar-refractivity contribution >= 4 is 22.8 Å². The molecule has 0 N–H and O–H groups in total. The van der Waals surface area contributed by atoms with E-state index >= 15 is 0 Å². The SMILES string of the molecule is CCCC(C)c1nc(N2CCCN(C(=O)c3cccc(F)c3)CC2)c2cnn(-c3ccccc3)c2n1. The van der Waals surface area contributed by atoms with Gasteiger partial charge in [0.2, 0.25) is 0 Å². The first-order chi connectivity index (χ1) is 17.5. The minimum atomic E-state index is -0.398. The number of fused-ring (bicyclic) bond motifs is 1. The number of rotatable bonds is 6. The molecule has 7 nitrogen and oxygen atoms in total. The quantitative estimate of drug-likeness (QED) is 0.374. The van der Waals surface area contributed by atoms with Gasteiger partial charge in [0.05, 0.1) is 17.3 Å². The molecule has 36 heavy (non-hydrogen) atoms. The number of halogens is 1. The molecule has 4 aromatic rings. The molecule has 2 aromatic carbocycles. The Bertz CT molecular complexity index is 1350. The van der Waals surface area contributed by atoms with E-state index < -0.39 is 5.82 Å². The number of benzene rings is 2. The lowest BCUT2D eigenvalue weighted by molar-refractivity contribution is 0.0766. The van der Waals surface area contributed by atoms with Crippen molar-refractivity contribution in [2.45, 2.75) is 39.0 Å². The van der Waals surface area contributed by atoms with Crippen molar-refractivity contribution in [1.82, 2.24) is 24.6 Å². The average Bonchev–Trinajstić information content (AvgIpc) is 3.18. The van der Waals surface area contributed by atoms with Crippen LogP contribution in [0.2, 0.25) is 0 Å². The van der Waals surface area contributed by atoms with Crippen molar-refractivity contribution in [2.24, 2.45) is 0 Å². The standard InChI is InChI=1S/C28H31FN6O/c1-3-9-20(2)25-31-26(24-19-30-35(27(24)32-25)23-12-5-4-6-13-23)33-14-8-15-34(17-16-33)28(36)21-10-7-11-22(29)18-21/h4-7,10-13,18-20H,3,8-9,14-17H2,1-2H3. The van der Waals surface area contributed by atoms with E-state index in [1.165, 1.54) is 12.1 Å². The van der Waals surface area contributed by atoms with Crippen molar-refractivity contribution in [1.29, 1.82) is 0 Å². The summed E-state index contributed by atoms with van der Waals surface area (Å²) in [5.41, 5.74) is 2.13. The number of anilines is 1. The molecule has 0 bridgehead atoms. The van der Waals surface area contributed by atoms with Crippen molar-refractivity contribution in [3.63, 3.8) is 0 Å². The van der Waals surface area contributed by atoms with E-state index in [1.807, 2.05) is 41.2 Å². The number of aromatic nitrogens is 4. The molecule has 3 heterocycles. The predicted octanol–water partition coefficient (Wildman–Crippen LogP) is 5.21. The van der Waals surface area contributed by atoms with Crippen LogP contribution in [-0.2, 0) is 0 Å². The van der Waals surface area contributed by atoms with Gasteiger partial charge >= 0.3 is 0 Å². The minimum absolute atomic E-state index is 0.140. The Balaban J connectivity index is 1.48. The normalized spacial score (nSPS) is 15.2. The highest BCUT2D eigenvalue weighted by atomic mass is 19.1. The minimum Gasteiger partial charge on any atom is -0.354 e. The number of amides is 1. The van der Waals surface area contributed by atoms with Crippen LogP contribution in [0.1, 0.15) is 55.2 Å². The summed E-state index contributed by atoms with van der Waals surface area (Å²) in [5.74, 6) is 1.35. The number of para-hydroxylation sites is 1. The van der Waals surface area contributed by atoms with E-state index in [9.17, 15) is 9.18 Å². The Morgan fingerprint density at radius 1 is 1.03 bits per heavy atom. The molecule has 0 radical (unpaired) electrons. The molecule has 0 spiro atoms. The highest BCUT2D eigenvalue weighted by Gasteiger charge is 2.25. The highest BCUT2D eigenvalue weighted by molar-refractivity contribution is 5.94. The van der Waals surface area contributed by atoms with Crippen LogP contribution < -0.4 is 4.90 Å². The summed E-state index contributed by atoms with van der Waals surface area (Å²) < 4.78 is 15.6. The van der Waals surface area contributed by atoms with Gasteiger partial charge in [-0.3, -0.25) is 4.79 Å². The third-order valence-electron chi connectivity index (χ3n) is 6.74. The third-order valence-corrected chi connectivity index (χ3v) is 6.74. The molecule has 1 saturated heterocycles. The lowest BCUT2D eigenvalue weighted by Gasteiger charge is -2.24. The van der Waals surface area contributed by atoms with Crippen LogP contribution in [0.15, 0.2) is 60.8 Å². The van der Waals surface area contributed by atoms with Gasteiger partial charge in [-0.1, -0.05) is 44.5 Å². The number of nitrogens with zero attached hydrogens (tertiary/aromatic N) is 6. The van der Waals surface area contributed by atoms with Gasteiger partial charge in [-0.15, -0.1) is 0 Å². The number of carbonyl (C=O) groups is 1. The molecule has 8 heteroatoms. The van der Waals surface area contributed by atoms with Crippen molar-refractivity contribution in [3.8, 4) is 5.69 Å². The smallest absolute Gasteiger partial charge is 0.254 e. The van der Waals surface area contributed by atoms with E-state index in [0.29, 0.717) is 25.2 Å². The van der Waals surface area contributed by atoms with E-state index in [4.69, 9.17) is 9.97 Å². The molecule has 186 valence electrons. The second-order valence-electron chi connectivity index (χ2n) is 9.37. The molecule has 1 aliphatic heterocycles. The first kappa shape index (κ1) is 23.9. The predicted molar refractivity (Wildman–Crippen MR) is 139 cm³/mol. The van der Waals surface area contributed by atoms with Crippen LogP contribution >= 0.6 is 0 Å². The molecule has 2 aromatic heterocycles. The molecule has 0 saturated carbocycles. The van der Waals surface area contributed by atoms with Crippen LogP contribution in [0.5, 0.6) is 0 Å². The van der Waals surface area contributed by atoms with E-state index in [1.54, 1.807) is 17.0 Å². The van der Waals surface area contributed by atoms with Gasteiger partial charge in [0.15, 0.2) is 5.65 Å². The van der Waals surface area contributed by atoms with E-state index in [2.05, 4.69) is 23.8 Å². The lowest BCUT2D eigenvalue weighted by atomic mass is 10.1. The van der Waals surface area contributed by atoms with Crippen LogP contribution in [0.25, 0.3) is 16.7 Å². The maximum absolute atomic E-state index is 13.7. The van der Waals surface area contributed by atoms with E-state index in [-0.39, 0.29) is 11.8 Å². The zero-order chi connectivity index (χ0) is 25.1. The molecule has 1 atom stereocenters. The number of hydrogen-bond donors (Lipinski definition) is 0. The second-order valence-corrected chi connectivity index (χ2v) is 9.37. The Morgan fingerprint density at radius 3 is 2.64 bits per heavy atom. The first-order valence-corrected chi connectivity index (χ1v) is 12.7. The molecular weight excluding hydrogens is 455 g/mol. The summed E-state index contributed by atoms with van der Waals surface area (Å²) in [6.45, 7) is 6.88. The zero-order valence-electron chi connectivity index (χ0n) is 20.8. The monoisotopic (exact) mass is 486 g/mol. The molecule has 1 unspecified atom stereocenters. The topological polar surface area (TPSA) is 67.2 Å². The zero-order valence-corrected chi connectivity index (χ0v) is 20.8. The summed E-state index contributed by atoms with van der Waals surface area (Å²) in [5, 5.41) is 5.57. The lowest BCUT2D eigenvalue weighted by Crippen LogP contribution is -2.35. The van der Waals surface area contributed by atoms with Gasteiger partial charge in [0, 0.05) is 37.7 Å². The number of carbonyl (C=O) groups excluding carboxylic acids is 1. The van der Waals surface area contributed by atoms with Gasteiger partial charge in [0.1, 0.15) is 17.5 Å². The van der Waals surface area contributed by atoms with Crippen LogP contribution in [0, 0.1) is 5.82 Å². The summed E-state index contributed by atoms with van der Waals surface area (Å²) in [7, 11) is 0. The van der Waals surface area contributed by atoms with Gasteiger partial charge in [-0.2, -0.15) is 5.10 Å². The van der Waals surface area contributed by atoms with Gasteiger partial charge in [-0.25, -0.2) is 19.0 Å². The van der Waals surface area contributed by atoms with Crippen molar-refractivity contribution < 1.29 is 9.18 Å². The first-order valence-electron chi connectivity index (χ1n) is 12.7. The van der Waals surface area contributed by atoms with Gasteiger partial charge < -0.3 is 9.80 Å². The molecule has 1 aliphatic rings. The van der Waals surface area contributed by atoms with Crippen LogP contribution in [0.3, 0.4) is 0 Å². The Kier molecular flexibility index (Phi) is 6.93. The summed E-state index contributed by atoms with van der Waals surface area (Å²) in [6.07, 6.45) is 4.68. The largest absolute Gasteiger partial charge is 0.354 e. The molecule has 1 fully saturated rings. The average molecular weight is 487 g/mol. The number of hydrogen-bond acceptors (Lipinski definition) is 5. The fourth-order valence-corrected chi connectivity index (χ4v) is 4.83. The van der Waals surface area contributed by atoms with E-state index in [0.717, 1.165) is 54.2 Å². The Morgan fingerprint density at radius 2 is 1.86 bits per heavy atom. The fourth-order valence-electron chi connectivity index (χ4n) is 4.83.